The number of rotatable bonds is 10. The molecule has 0 aromatic carbocycles. The molecule has 0 aliphatic carbocycles. The maximum atomic E-state index is 11.8. The zero-order chi connectivity index (χ0) is 24.8. The van der Waals surface area contributed by atoms with Gasteiger partial charge in [-0.25, -0.2) is 9.98 Å². The lowest BCUT2D eigenvalue weighted by atomic mass is 10.1. The van der Waals surface area contributed by atoms with E-state index in [9.17, 15) is 19.5 Å². The highest BCUT2D eigenvalue weighted by Gasteiger charge is 2.51. The van der Waals surface area contributed by atoms with Crippen LogP contribution in [0.4, 0.5) is 0 Å². The van der Waals surface area contributed by atoms with Gasteiger partial charge in [-0.1, -0.05) is 0 Å². The zero-order valence-corrected chi connectivity index (χ0v) is 19.3. The molecule has 0 spiro atoms. The van der Waals surface area contributed by atoms with Crippen LogP contribution in [0.5, 0.6) is 0 Å². The predicted molar refractivity (Wildman–Crippen MR) is 110 cm³/mol. The Labute approximate surface area is 194 Å². The summed E-state index contributed by atoms with van der Waals surface area (Å²) in [5, 5.41) is 10.8. The minimum atomic E-state index is -1.09. The molecular weight excluding hydrogens is 456 g/mol. The van der Waals surface area contributed by atoms with Gasteiger partial charge in [-0.05, 0) is 0 Å². The summed E-state index contributed by atoms with van der Waals surface area (Å²) < 4.78 is 33.6. The van der Waals surface area contributed by atoms with Crippen molar-refractivity contribution in [3.8, 4) is 0 Å². The van der Waals surface area contributed by atoms with E-state index in [1.54, 1.807) is 7.11 Å². The third-order valence-corrected chi connectivity index (χ3v) is 4.96. The van der Waals surface area contributed by atoms with Crippen LogP contribution in [-0.4, -0.2) is 96.1 Å². The Morgan fingerprint density at radius 1 is 1.12 bits per heavy atom. The Bertz CT molecular complexity index is 1030. The molecule has 14 heteroatoms. The van der Waals surface area contributed by atoms with Gasteiger partial charge in [0.05, 0.1) is 19.5 Å². The van der Waals surface area contributed by atoms with Crippen LogP contribution in [0.1, 0.15) is 27.0 Å². The number of imidazole rings is 1. The Hall–Kier alpha value is -3.23. The van der Waals surface area contributed by atoms with Gasteiger partial charge < -0.3 is 33.5 Å². The normalized spacial score (nSPS) is 23.8. The third-order valence-electron chi connectivity index (χ3n) is 4.96. The molecule has 188 valence electrons. The molecule has 34 heavy (non-hydrogen) atoms. The van der Waals surface area contributed by atoms with E-state index in [-0.39, 0.29) is 36.7 Å². The highest BCUT2D eigenvalue weighted by atomic mass is 16.7. The number of aliphatic hydroxyl groups excluding tert-OH is 1. The predicted octanol–water partition coefficient (Wildman–Crippen LogP) is -1.66. The minimum Gasteiger partial charge on any atom is -0.493 e. The van der Waals surface area contributed by atoms with Crippen molar-refractivity contribution in [2.75, 3.05) is 40.3 Å². The summed E-state index contributed by atoms with van der Waals surface area (Å²) in [7, 11) is 1.55. The number of aliphatic hydroxyl groups is 1. The first kappa shape index (κ1) is 25.4. The van der Waals surface area contributed by atoms with Crippen LogP contribution < -0.4 is 10.8 Å². The van der Waals surface area contributed by atoms with Crippen LogP contribution in [0.15, 0.2) is 11.3 Å². The number of hydrogen-bond acceptors (Lipinski definition) is 13. The summed E-state index contributed by atoms with van der Waals surface area (Å²) in [4.78, 5) is 45.0. The van der Waals surface area contributed by atoms with Crippen LogP contribution in [0, 0.1) is 0 Å². The first-order valence-electron chi connectivity index (χ1n) is 10.5. The van der Waals surface area contributed by atoms with E-state index in [0.717, 1.165) is 0 Å². The molecule has 1 N–H and O–H groups in total. The number of carbonyl (C=O) groups is 3. The largest absolute Gasteiger partial charge is 0.493 e. The summed E-state index contributed by atoms with van der Waals surface area (Å²) in [6, 6.07) is 0. The highest BCUT2D eigenvalue weighted by Crippen LogP contribution is 2.33. The van der Waals surface area contributed by atoms with E-state index in [4.69, 9.17) is 28.4 Å². The van der Waals surface area contributed by atoms with E-state index in [0.29, 0.717) is 13.2 Å². The molecule has 0 unspecified atom stereocenters. The number of nitrogens with zero attached hydrogens (tertiary/aromatic N) is 4. The fourth-order valence-corrected chi connectivity index (χ4v) is 3.56. The van der Waals surface area contributed by atoms with Crippen LogP contribution >= 0.6 is 0 Å². The van der Waals surface area contributed by atoms with E-state index in [2.05, 4.69) is 9.98 Å². The second kappa shape index (κ2) is 11.3. The lowest BCUT2D eigenvalue weighted by Gasteiger charge is -2.25. The molecule has 1 fully saturated rings. The number of methoxy groups -OCH3 is 1. The second-order valence-corrected chi connectivity index (χ2v) is 7.53. The van der Waals surface area contributed by atoms with E-state index >= 15 is 0 Å². The molecule has 2 aliphatic rings. The molecule has 0 bridgehead atoms. The number of aromatic nitrogens is 2. The van der Waals surface area contributed by atoms with Crippen molar-refractivity contribution in [3.63, 3.8) is 0 Å². The smallest absolute Gasteiger partial charge is 0.303 e. The highest BCUT2D eigenvalue weighted by molar-refractivity contribution is 5.68. The fourth-order valence-electron chi connectivity index (χ4n) is 3.56. The standard InChI is InChI=1S/C20H28N4O10/c1-11(25)31-7-14-16(32-12(2)26)17(33-13(3)27)20(34-14)24-9-21-15-18(24)22-8-23(19(15)28)10-30-6-5-29-4/h9,14,16-17,20,28H,5-8,10H2,1-4H3/t14-,16-,17-,20-/m1/s1. The Kier molecular flexibility index (Phi) is 8.41. The number of carbonyl (C=O) groups excluding carboxylic acids is 3. The summed E-state index contributed by atoms with van der Waals surface area (Å²) in [5.41, 5.74) is 0.266. The summed E-state index contributed by atoms with van der Waals surface area (Å²) in [5.74, 6) is -1.98. The number of esters is 3. The summed E-state index contributed by atoms with van der Waals surface area (Å²) in [6.07, 6.45) is -2.73. The van der Waals surface area contributed by atoms with Gasteiger partial charge in [0, 0.05) is 27.9 Å². The fraction of sp³-hybridized carbons (Fsp3) is 0.650. The van der Waals surface area contributed by atoms with E-state index in [1.807, 2.05) is 0 Å². The lowest BCUT2D eigenvalue weighted by molar-refractivity contribution is -0.166. The molecular formula is C20H28N4O10. The van der Waals surface area contributed by atoms with Crippen LogP contribution in [0.25, 0.3) is 5.88 Å². The molecule has 1 aromatic rings. The average Bonchev–Trinajstić information content (AvgIpc) is 3.33. The number of hydrogen-bond donors (Lipinski definition) is 1. The molecule has 3 heterocycles. The maximum absolute atomic E-state index is 11.8. The number of ether oxygens (including phenoxy) is 6. The quantitative estimate of drug-likeness (QED) is 0.229. The van der Waals surface area contributed by atoms with Crippen molar-refractivity contribution in [2.45, 2.75) is 45.3 Å². The minimum absolute atomic E-state index is 0.0622. The van der Waals surface area contributed by atoms with Crippen molar-refractivity contribution in [1.82, 2.24) is 14.5 Å². The summed E-state index contributed by atoms with van der Waals surface area (Å²) >= 11 is 0. The van der Waals surface area contributed by atoms with Gasteiger partial charge in [-0.2, -0.15) is 0 Å². The number of fused-ring (bicyclic) bond motifs is 1. The molecule has 3 rings (SSSR count). The molecule has 1 aromatic heterocycles. The van der Waals surface area contributed by atoms with Crippen LogP contribution in [-0.2, 0) is 42.8 Å². The molecule has 0 radical (unpaired) electrons. The first-order chi connectivity index (χ1) is 16.2. The van der Waals surface area contributed by atoms with Gasteiger partial charge in [-0.15, -0.1) is 0 Å². The van der Waals surface area contributed by atoms with Crippen molar-refractivity contribution in [1.29, 1.82) is 0 Å². The summed E-state index contributed by atoms with van der Waals surface area (Å²) in [6.45, 7) is 4.27. The first-order valence-corrected chi connectivity index (χ1v) is 10.5. The van der Waals surface area contributed by atoms with Gasteiger partial charge >= 0.3 is 17.9 Å². The van der Waals surface area contributed by atoms with Gasteiger partial charge in [0.1, 0.15) is 26.1 Å². The lowest BCUT2D eigenvalue weighted by Crippen LogP contribution is -2.46. The van der Waals surface area contributed by atoms with Gasteiger partial charge in [-0.3, -0.25) is 23.9 Å². The average molecular weight is 484 g/mol. The third kappa shape index (κ3) is 5.81. The Morgan fingerprint density at radius 2 is 1.82 bits per heavy atom. The second-order valence-electron chi connectivity index (χ2n) is 7.53. The molecule has 1 saturated heterocycles. The zero-order valence-electron chi connectivity index (χ0n) is 19.3. The van der Waals surface area contributed by atoms with E-state index in [1.165, 1.54) is 36.6 Å². The molecule has 4 atom stereocenters. The van der Waals surface area contributed by atoms with E-state index < -0.39 is 42.4 Å². The van der Waals surface area contributed by atoms with Crippen molar-refractivity contribution >= 4 is 23.8 Å². The van der Waals surface area contributed by atoms with Gasteiger partial charge in [0.15, 0.2) is 29.3 Å². The van der Waals surface area contributed by atoms with Crippen LogP contribution in [0.3, 0.4) is 0 Å². The monoisotopic (exact) mass is 484 g/mol. The topological polar surface area (TPSA) is 160 Å². The Morgan fingerprint density at radius 3 is 2.47 bits per heavy atom. The molecule has 0 amide bonds. The Balaban J connectivity index is 1.92. The van der Waals surface area contributed by atoms with Gasteiger partial charge in [0.2, 0.25) is 5.88 Å². The van der Waals surface area contributed by atoms with Crippen molar-refractivity contribution in [2.24, 2.45) is 4.99 Å². The van der Waals surface area contributed by atoms with Crippen molar-refractivity contribution in [3.05, 3.63) is 17.2 Å². The van der Waals surface area contributed by atoms with Gasteiger partial charge in [0.25, 0.3) is 0 Å². The van der Waals surface area contributed by atoms with Crippen molar-refractivity contribution < 1.29 is 47.9 Å². The SMILES string of the molecule is COCCOCN1CN=c2c(ncn2[C@@H]2O[C@H](COC(C)=O)[C@@H](OC(C)=O)[C@H]2OC(C)=O)=C1O. The maximum Gasteiger partial charge on any atom is 0.303 e. The molecule has 0 saturated carbocycles. The molecule has 2 aliphatic heterocycles. The molecule has 14 nitrogen and oxygen atoms in total. The van der Waals surface area contributed by atoms with Crippen LogP contribution in [0.2, 0.25) is 0 Å².